The summed E-state index contributed by atoms with van der Waals surface area (Å²) in [7, 11) is 0. The second-order valence-corrected chi connectivity index (χ2v) is 20.2. The maximum atomic E-state index is 12.9. The molecule has 0 saturated carbocycles. The molecule has 1 atom stereocenters. The largest absolute Gasteiger partial charge is 0.462 e. The van der Waals surface area contributed by atoms with Crippen LogP contribution in [-0.2, 0) is 28.6 Å². The van der Waals surface area contributed by atoms with Crippen LogP contribution in [0, 0.1) is 0 Å². The van der Waals surface area contributed by atoms with Crippen molar-refractivity contribution in [1.29, 1.82) is 0 Å². The first-order chi connectivity index (χ1) is 35.0. The van der Waals surface area contributed by atoms with Crippen LogP contribution in [0.15, 0.2) is 72.9 Å². The predicted molar refractivity (Wildman–Crippen MR) is 307 cm³/mol. The topological polar surface area (TPSA) is 78.9 Å². The number of unbranched alkanes of at least 4 members (excludes halogenated alkanes) is 32. The monoisotopic (exact) mass is 991 g/mol. The highest BCUT2D eigenvalue weighted by atomic mass is 16.6. The highest BCUT2D eigenvalue weighted by Crippen LogP contribution is 2.15. The molecular formula is C65H114O6. The predicted octanol–water partition coefficient (Wildman–Crippen LogP) is 20.5. The molecule has 6 heteroatoms. The fourth-order valence-corrected chi connectivity index (χ4v) is 8.53. The number of carbonyl (C=O) groups is 3. The van der Waals surface area contributed by atoms with Gasteiger partial charge in [0.15, 0.2) is 6.10 Å². The van der Waals surface area contributed by atoms with E-state index in [0.717, 1.165) is 96.3 Å². The van der Waals surface area contributed by atoms with Crippen LogP contribution in [0.25, 0.3) is 0 Å². The zero-order valence-electron chi connectivity index (χ0n) is 47.0. The number of esters is 3. The van der Waals surface area contributed by atoms with Crippen molar-refractivity contribution in [2.24, 2.45) is 0 Å². The molecule has 410 valence electrons. The van der Waals surface area contributed by atoms with E-state index in [4.69, 9.17) is 14.2 Å². The molecule has 0 aromatic rings. The van der Waals surface area contributed by atoms with E-state index in [-0.39, 0.29) is 31.1 Å². The Morgan fingerprint density at radius 3 is 0.831 bits per heavy atom. The first kappa shape index (κ1) is 67.8. The molecule has 0 N–H and O–H groups in total. The summed E-state index contributed by atoms with van der Waals surface area (Å²) in [6.45, 7) is 6.60. The van der Waals surface area contributed by atoms with E-state index in [0.29, 0.717) is 19.3 Å². The van der Waals surface area contributed by atoms with Crippen molar-refractivity contribution in [2.45, 2.75) is 309 Å². The van der Waals surface area contributed by atoms with Gasteiger partial charge in [0.1, 0.15) is 13.2 Å². The Hall–Kier alpha value is -3.15. The zero-order chi connectivity index (χ0) is 51.4. The summed E-state index contributed by atoms with van der Waals surface area (Å²) in [5.74, 6) is -0.904. The number of rotatable bonds is 55. The molecule has 71 heavy (non-hydrogen) atoms. The third-order valence-corrected chi connectivity index (χ3v) is 13.2. The fourth-order valence-electron chi connectivity index (χ4n) is 8.53. The van der Waals surface area contributed by atoms with Gasteiger partial charge in [0.05, 0.1) is 0 Å². The summed E-state index contributed by atoms with van der Waals surface area (Å²) in [6.07, 6.45) is 76.0. The van der Waals surface area contributed by atoms with E-state index in [1.165, 1.54) is 167 Å². The first-order valence-electron chi connectivity index (χ1n) is 30.4. The minimum atomic E-state index is -0.790. The first-order valence-corrected chi connectivity index (χ1v) is 30.4. The molecule has 0 aliphatic carbocycles. The number of ether oxygens (including phenoxy) is 3. The molecule has 0 aromatic heterocycles. The van der Waals surface area contributed by atoms with Crippen LogP contribution >= 0.6 is 0 Å². The summed E-state index contributed by atoms with van der Waals surface area (Å²) in [5.41, 5.74) is 0. The molecular weight excluding hydrogens is 877 g/mol. The Kier molecular flexibility index (Phi) is 56.8. The van der Waals surface area contributed by atoms with Crippen LogP contribution < -0.4 is 0 Å². The summed E-state index contributed by atoms with van der Waals surface area (Å²) in [6, 6.07) is 0. The molecule has 0 heterocycles. The van der Waals surface area contributed by atoms with E-state index in [1.807, 2.05) is 0 Å². The summed E-state index contributed by atoms with van der Waals surface area (Å²) in [5, 5.41) is 0. The minimum Gasteiger partial charge on any atom is -0.462 e. The molecule has 0 amide bonds. The summed E-state index contributed by atoms with van der Waals surface area (Å²) in [4.78, 5) is 38.2. The molecule has 0 spiro atoms. The minimum absolute atomic E-state index is 0.0866. The van der Waals surface area contributed by atoms with Gasteiger partial charge in [-0.3, -0.25) is 14.4 Å². The van der Waals surface area contributed by atoms with Crippen LogP contribution in [0.3, 0.4) is 0 Å². The average molecular weight is 992 g/mol. The van der Waals surface area contributed by atoms with Crippen LogP contribution in [0.5, 0.6) is 0 Å². The Balaban J connectivity index is 4.41. The number of hydrogen-bond donors (Lipinski definition) is 0. The van der Waals surface area contributed by atoms with Gasteiger partial charge in [-0.2, -0.15) is 0 Å². The Bertz CT molecular complexity index is 1320. The number of carbonyl (C=O) groups excluding carboxylic acids is 3. The molecule has 0 aromatic carbocycles. The molecule has 0 rings (SSSR count). The third kappa shape index (κ3) is 57.6. The average Bonchev–Trinajstić information content (AvgIpc) is 3.37. The molecule has 1 unspecified atom stereocenters. The lowest BCUT2D eigenvalue weighted by molar-refractivity contribution is -0.167. The van der Waals surface area contributed by atoms with Gasteiger partial charge in [-0.05, 0) is 116 Å². The molecule has 0 saturated heterocycles. The van der Waals surface area contributed by atoms with Gasteiger partial charge in [-0.1, -0.05) is 241 Å². The number of hydrogen-bond acceptors (Lipinski definition) is 6. The van der Waals surface area contributed by atoms with Gasteiger partial charge in [-0.15, -0.1) is 0 Å². The normalized spacial score (nSPS) is 12.5. The zero-order valence-corrected chi connectivity index (χ0v) is 47.0. The molecule has 0 fully saturated rings. The van der Waals surface area contributed by atoms with Gasteiger partial charge >= 0.3 is 17.9 Å². The highest BCUT2D eigenvalue weighted by molar-refractivity contribution is 5.71. The van der Waals surface area contributed by atoms with Crippen molar-refractivity contribution in [2.75, 3.05) is 13.2 Å². The van der Waals surface area contributed by atoms with Crippen molar-refractivity contribution in [3.63, 3.8) is 0 Å². The van der Waals surface area contributed by atoms with Crippen molar-refractivity contribution in [3.05, 3.63) is 72.9 Å². The molecule has 0 radical (unpaired) electrons. The van der Waals surface area contributed by atoms with Crippen LogP contribution in [0.4, 0.5) is 0 Å². The SMILES string of the molecule is CCCCC/C=C\C/C=C\CCCCCCCCCC(=O)OC(COC(=O)CCCCCCC/C=C\CCCCCCCC)COC(=O)CCCCCCCC/C=C\C/C=C\C/C=C\CCCCCCC. The van der Waals surface area contributed by atoms with E-state index in [9.17, 15) is 14.4 Å². The highest BCUT2D eigenvalue weighted by Gasteiger charge is 2.19. The second-order valence-electron chi connectivity index (χ2n) is 20.2. The van der Waals surface area contributed by atoms with E-state index in [2.05, 4.69) is 93.7 Å². The van der Waals surface area contributed by atoms with Gasteiger partial charge in [0, 0.05) is 19.3 Å². The van der Waals surface area contributed by atoms with Gasteiger partial charge < -0.3 is 14.2 Å². The lowest BCUT2D eigenvalue weighted by atomic mass is 10.1. The van der Waals surface area contributed by atoms with Crippen molar-refractivity contribution in [1.82, 2.24) is 0 Å². The van der Waals surface area contributed by atoms with Gasteiger partial charge in [0.2, 0.25) is 0 Å². The molecule has 6 nitrogen and oxygen atoms in total. The van der Waals surface area contributed by atoms with E-state index in [1.54, 1.807) is 0 Å². The van der Waals surface area contributed by atoms with Gasteiger partial charge in [0.25, 0.3) is 0 Å². The maximum Gasteiger partial charge on any atom is 0.306 e. The van der Waals surface area contributed by atoms with Crippen LogP contribution in [-0.4, -0.2) is 37.2 Å². The second kappa shape index (κ2) is 59.4. The smallest absolute Gasteiger partial charge is 0.306 e. The quantitative estimate of drug-likeness (QED) is 0.0261. The summed E-state index contributed by atoms with van der Waals surface area (Å²) < 4.78 is 16.9. The van der Waals surface area contributed by atoms with E-state index < -0.39 is 6.10 Å². The van der Waals surface area contributed by atoms with Crippen molar-refractivity contribution >= 4 is 17.9 Å². The number of allylic oxidation sites excluding steroid dienone is 12. The third-order valence-electron chi connectivity index (χ3n) is 13.2. The summed E-state index contributed by atoms with van der Waals surface area (Å²) >= 11 is 0. The Morgan fingerprint density at radius 2 is 0.507 bits per heavy atom. The lowest BCUT2D eigenvalue weighted by Crippen LogP contribution is -2.30. The standard InChI is InChI=1S/C65H114O6/c1-4-7-10-13-16-19-22-25-28-30-31-32-33-35-37-40-43-46-49-52-55-58-64(67)70-61-62(60-69-63(66)57-54-51-48-45-42-39-36-27-24-21-18-15-12-9-6-3)71-65(68)59-56-53-50-47-44-41-38-34-29-26-23-20-17-14-11-8-5-2/h17,20,22,25-27,29-31,33,35-36,62H,4-16,18-19,21,23-24,28,32,34,37-61H2,1-3H3/b20-17-,25-22-,29-26-,31-30-,35-33-,36-27-. The molecule has 0 bridgehead atoms. The molecule has 0 aliphatic heterocycles. The maximum absolute atomic E-state index is 12.9. The van der Waals surface area contributed by atoms with E-state index >= 15 is 0 Å². The van der Waals surface area contributed by atoms with Crippen molar-refractivity contribution < 1.29 is 28.6 Å². The van der Waals surface area contributed by atoms with Crippen LogP contribution in [0.2, 0.25) is 0 Å². The molecule has 0 aliphatic rings. The fraction of sp³-hybridized carbons (Fsp3) is 0.769. The Labute approximate surface area is 440 Å². The lowest BCUT2D eigenvalue weighted by Gasteiger charge is -2.18. The van der Waals surface area contributed by atoms with Gasteiger partial charge in [-0.25, -0.2) is 0 Å². The van der Waals surface area contributed by atoms with Crippen molar-refractivity contribution in [3.8, 4) is 0 Å². The Morgan fingerprint density at radius 1 is 0.282 bits per heavy atom. The van der Waals surface area contributed by atoms with Crippen LogP contribution in [0.1, 0.15) is 303 Å².